The van der Waals surface area contributed by atoms with Crippen LogP contribution in [0.25, 0.3) is 17.1 Å². The van der Waals surface area contributed by atoms with Gasteiger partial charge in [-0.05, 0) is 42.0 Å². The highest BCUT2D eigenvalue weighted by Gasteiger charge is 2.14. The number of benzene rings is 1. The van der Waals surface area contributed by atoms with Crippen molar-refractivity contribution >= 4 is 17.7 Å². The van der Waals surface area contributed by atoms with Gasteiger partial charge in [-0.15, -0.1) is 0 Å². The first-order valence-electron chi connectivity index (χ1n) is 7.15. The fourth-order valence-corrected chi connectivity index (χ4v) is 2.43. The van der Waals surface area contributed by atoms with Crippen molar-refractivity contribution in [1.82, 2.24) is 9.38 Å². The second-order valence-electron chi connectivity index (χ2n) is 5.04. The molecule has 0 atom stereocenters. The Labute approximate surface area is 132 Å². The van der Waals surface area contributed by atoms with Gasteiger partial charge in [0.05, 0.1) is 6.26 Å². The van der Waals surface area contributed by atoms with E-state index in [4.69, 9.17) is 4.42 Å². The van der Waals surface area contributed by atoms with E-state index in [1.54, 1.807) is 30.7 Å². The molecule has 112 valence electrons. The van der Waals surface area contributed by atoms with Gasteiger partial charge >= 0.3 is 0 Å². The molecule has 0 fully saturated rings. The van der Waals surface area contributed by atoms with Crippen molar-refractivity contribution in [3.63, 3.8) is 0 Å². The van der Waals surface area contributed by atoms with Gasteiger partial charge in [-0.3, -0.25) is 4.40 Å². The van der Waals surface area contributed by atoms with Crippen LogP contribution in [-0.4, -0.2) is 20.7 Å². The molecule has 1 aromatic carbocycles. The lowest BCUT2D eigenvalue weighted by Gasteiger charge is -1.98. The van der Waals surface area contributed by atoms with Crippen LogP contribution in [0.3, 0.4) is 0 Å². The molecule has 0 amide bonds. The summed E-state index contributed by atoms with van der Waals surface area (Å²) in [5, 5.41) is 9.55. The first-order valence-corrected chi connectivity index (χ1v) is 7.15. The molecule has 1 N–H and O–H groups in total. The van der Waals surface area contributed by atoms with Crippen molar-refractivity contribution in [2.45, 2.75) is 0 Å². The molecule has 0 saturated heterocycles. The predicted octanol–water partition coefficient (Wildman–Crippen LogP) is 4.05. The number of aromatic hydroxyl groups is 1. The molecule has 0 spiro atoms. The van der Waals surface area contributed by atoms with Crippen LogP contribution in [0, 0.1) is 0 Å². The summed E-state index contributed by atoms with van der Waals surface area (Å²) >= 11 is 0. The van der Waals surface area contributed by atoms with Crippen LogP contribution in [0.4, 0.5) is 5.82 Å². The number of aliphatic imine (C=N–C) groups is 1. The van der Waals surface area contributed by atoms with Gasteiger partial charge in [0.15, 0.2) is 17.3 Å². The van der Waals surface area contributed by atoms with Gasteiger partial charge in [0.2, 0.25) is 0 Å². The average molecular weight is 303 g/mol. The Balaban J connectivity index is 1.86. The van der Waals surface area contributed by atoms with Crippen molar-refractivity contribution in [2.75, 3.05) is 0 Å². The smallest absolute Gasteiger partial charge is 0.168 e. The topological polar surface area (TPSA) is 63.0 Å². The second kappa shape index (κ2) is 5.46. The van der Waals surface area contributed by atoms with E-state index in [1.165, 1.54) is 0 Å². The van der Waals surface area contributed by atoms with Crippen molar-refractivity contribution < 1.29 is 9.52 Å². The van der Waals surface area contributed by atoms with Gasteiger partial charge in [0, 0.05) is 12.4 Å². The molecule has 5 nitrogen and oxygen atoms in total. The maximum Gasteiger partial charge on any atom is 0.168 e. The van der Waals surface area contributed by atoms with E-state index in [-0.39, 0.29) is 5.75 Å². The molecular weight excluding hydrogens is 290 g/mol. The van der Waals surface area contributed by atoms with Crippen LogP contribution in [0.2, 0.25) is 0 Å². The van der Waals surface area contributed by atoms with Crippen LogP contribution in [0.15, 0.2) is 76.5 Å². The number of fused-ring (bicyclic) bond motifs is 1. The van der Waals surface area contributed by atoms with Crippen LogP contribution in [-0.2, 0) is 0 Å². The van der Waals surface area contributed by atoms with Crippen LogP contribution in [0.1, 0.15) is 5.56 Å². The van der Waals surface area contributed by atoms with Gasteiger partial charge < -0.3 is 9.52 Å². The number of aromatic nitrogens is 2. The van der Waals surface area contributed by atoms with Crippen LogP contribution in [0.5, 0.6) is 5.75 Å². The number of nitrogens with zero attached hydrogens (tertiary/aromatic N) is 3. The van der Waals surface area contributed by atoms with Gasteiger partial charge in [0.25, 0.3) is 0 Å². The normalized spacial score (nSPS) is 11.5. The Bertz CT molecular complexity index is 985. The van der Waals surface area contributed by atoms with E-state index in [1.807, 2.05) is 47.0 Å². The van der Waals surface area contributed by atoms with Gasteiger partial charge in [0.1, 0.15) is 11.4 Å². The van der Waals surface area contributed by atoms with Gasteiger partial charge in [-0.1, -0.05) is 18.2 Å². The van der Waals surface area contributed by atoms with Crippen molar-refractivity contribution in [2.24, 2.45) is 4.99 Å². The summed E-state index contributed by atoms with van der Waals surface area (Å²) in [6.07, 6.45) is 5.22. The molecule has 23 heavy (non-hydrogen) atoms. The largest absolute Gasteiger partial charge is 0.508 e. The standard InChI is InChI=1S/C18H13N3O2/c22-14-6-3-5-13(11-14)12-19-18-17(15-7-4-10-23-15)20-16-8-1-2-9-21(16)18/h1-12,22H/b19-12+. The number of rotatable bonds is 3. The first-order chi connectivity index (χ1) is 11.3. The molecule has 0 aliphatic heterocycles. The van der Waals surface area contributed by atoms with E-state index < -0.39 is 0 Å². The van der Waals surface area contributed by atoms with E-state index in [9.17, 15) is 5.11 Å². The molecule has 3 aromatic heterocycles. The zero-order chi connectivity index (χ0) is 15.6. The zero-order valence-corrected chi connectivity index (χ0v) is 12.1. The molecule has 0 aliphatic rings. The highest BCUT2D eigenvalue weighted by atomic mass is 16.3. The number of pyridine rings is 1. The summed E-state index contributed by atoms with van der Waals surface area (Å²) in [5.74, 6) is 1.55. The van der Waals surface area contributed by atoms with E-state index in [0.717, 1.165) is 11.2 Å². The second-order valence-corrected chi connectivity index (χ2v) is 5.04. The summed E-state index contributed by atoms with van der Waals surface area (Å²) in [5.41, 5.74) is 2.28. The van der Waals surface area contributed by atoms with Crippen molar-refractivity contribution in [3.05, 3.63) is 72.6 Å². The molecule has 0 aliphatic carbocycles. The Morgan fingerprint density at radius 2 is 2.04 bits per heavy atom. The molecule has 0 saturated carbocycles. The molecule has 3 heterocycles. The third kappa shape index (κ3) is 2.48. The summed E-state index contributed by atoms with van der Waals surface area (Å²) in [6, 6.07) is 16.4. The fourth-order valence-electron chi connectivity index (χ4n) is 2.43. The maximum atomic E-state index is 9.55. The Kier molecular flexibility index (Phi) is 3.16. The molecule has 4 aromatic rings. The third-order valence-electron chi connectivity index (χ3n) is 3.47. The minimum atomic E-state index is 0.207. The van der Waals surface area contributed by atoms with Gasteiger partial charge in [-0.2, -0.15) is 0 Å². The van der Waals surface area contributed by atoms with Crippen molar-refractivity contribution in [1.29, 1.82) is 0 Å². The third-order valence-corrected chi connectivity index (χ3v) is 3.47. The summed E-state index contributed by atoms with van der Waals surface area (Å²) in [7, 11) is 0. The first kappa shape index (κ1) is 13.3. The predicted molar refractivity (Wildman–Crippen MR) is 88.3 cm³/mol. The number of furan rings is 1. The fraction of sp³-hybridized carbons (Fsp3) is 0. The average Bonchev–Trinajstić information content (AvgIpc) is 3.20. The minimum Gasteiger partial charge on any atom is -0.508 e. The summed E-state index contributed by atoms with van der Waals surface area (Å²) < 4.78 is 7.37. The van der Waals surface area contributed by atoms with E-state index in [0.29, 0.717) is 17.3 Å². The molecule has 0 bridgehead atoms. The van der Waals surface area contributed by atoms with E-state index >= 15 is 0 Å². The lowest BCUT2D eigenvalue weighted by atomic mass is 10.2. The van der Waals surface area contributed by atoms with Crippen molar-refractivity contribution in [3.8, 4) is 17.2 Å². The number of hydrogen-bond acceptors (Lipinski definition) is 4. The molecule has 4 rings (SSSR count). The lowest BCUT2D eigenvalue weighted by molar-refractivity contribution is 0.475. The SMILES string of the molecule is Oc1cccc(/C=N/c2c(-c3ccco3)nc3ccccn23)c1. The molecule has 0 unspecified atom stereocenters. The molecular formula is C18H13N3O2. The number of phenolic OH excluding ortho intramolecular Hbond substituents is 1. The Hall–Kier alpha value is -3.34. The lowest BCUT2D eigenvalue weighted by Crippen LogP contribution is -1.84. The van der Waals surface area contributed by atoms with E-state index in [2.05, 4.69) is 9.98 Å². The zero-order valence-electron chi connectivity index (χ0n) is 12.1. The van der Waals surface area contributed by atoms with Crippen LogP contribution < -0.4 is 0 Å². The summed E-state index contributed by atoms with van der Waals surface area (Å²) in [6.45, 7) is 0. The molecule has 0 radical (unpaired) electrons. The molecule has 5 heteroatoms. The monoisotopic (exact) mass is 303 g/mol. The Morgan fingerprint density at radius 3 is 2.87 bits per heavy atom. The quantitative estimate of drug-likeness (QED) is 0.581. The highest BCUT2D eigenvalue weighted by molar-refractivity contribution is 5.84. The minimum absolute atomic E-state index is 0.207. The number of hydrogen-bond donors (Lipinski definition) is 1. The maximum absolute atomic E-state index is 9.55. The summed E-state index contributed by atoms with van der Waals surface area (Å²) in [4.78, 5) is 9.16. The number of phenols is 1. The van der Waals surface area contributed by atoms with Crippen LogP contribution >= 0.6 is 0 Å². The van der Waals surface area contributed by atoms with Gasteiger partial charge in [-0.25, -0.2) is 9.98 Å². The Morgan fingerprint density at radius 1 is 1.09 bits per heavy atom. The number of imidazole rings is 1. The highest BCUT2D eigenvalue weighted by Crippen LogP contribution is 2.31.